The number of carbonyl (C=O) groups excluding carboxylic acids is 3. The second-order valence-electron chi connectivity index (χ2n) is 16.2. The summed E-state index contributed by atoms with van der Waals surface area (Å²) in [5.41, 5.74) is -0.969. The van der Waals surface area contributed by atoms with Gasteiger partial charge in [0.25, 0.3) is 0 Å². The van der Waals surface area contributed by atoms with Gasteiger partial charge < -0.3 is 24.5 Å². The zero-order valence-electron chi connectivity index (χ0n) is 31.7. The maximum atomic E-state index is 14.2. The van der Waals surface area contributed by atoms with Crippen molar-refractivity contribution in [2.45, 2.75) is 133 Å². The minimum atomic E-state index is -4.55. The highest BCUT2D eigenvalue weighted by Gasteiger charge is 2.37. The van der Waals surface area contributed by atoms with Gasteiger partial charge in [-0.3, -0.25) is 0 Å². The van der Waals surface area contributed by atoms with Gasteiger partial charge in [0.05, 0.1) is 16.9 Å². The molecule has 14 heteroatoms. The number of carbonyl (C=O) groups is 3. The van der Waals surface area contributed by atoms with Crippen LogP contribution in [0.4, 0.5) is 38.9 Å². The number of benzene rings is 2. The summed E-state index contributed by atoms with van der Waals surface area (Å²) in [7, 11) is 0. The van der Waals surface area contributed by atoms with Gasteiger partial charge in [-0.1, -0.05) is 30.7 Å². The Kier molecular flexibility index (Phi) is 12.8. The second-order valence-corrected chi connectivity index (χ2v) is 17.3. The minimum Gasteiger partial charge on any atom is -0.444 e. The first-order valence-corrected chi connectivity index (χ1v) is 18.6. The second kappa shape index (κ2) is 16.2. The van der Waals surface area contributed by atoms with Crippen LogP contribution in [-0.4, -0.2) is 71.2 Å². The third-order valence-corrected chi connectivity index (χ3v) is 9.50. The fourth-order valence-electron chi connectivity index (χ4n) is 6.00. The molecule has 2 aromatic rings. The van der Waals surface area contributed by atoms with Crippen molar-refractivity contribution in [1.82, 2.24) is 15.3 Å². The number of ether oxygens (including phenoxy) is 2. The number of fused-ring (bicyclic) bond motifs is 2. The lowest BCUT2D eigenvalue weighted by Crippen LogP contribution is -2.47. The highest BCUT2D eigenvalue weighted by molar-refractivity contribution is 7.99. The number of nitrogens with one attached hydrogen (secondary N) is 1. The molecule has 0 radical (unpaired) electrons. The van der Waals surface area contributed by atoms with Crippen LogP contribution < -0.4 is 10.2 Å². The first kappa shape index (κ1) is 41.1. The number of halogens is 3. The van der Waals surface area contributed by atoms with Gasteiger partial charge in [-0.05, 0) is 123 Å². The lowest BCUT2D eigenvalue weighted by Gasteiger charge is -2.37. The van der Waals surface area contributed by atoms with E-state index >= 15 is 0 Å². The Labute approximate surface area is 309 Å². The van der Waals surface area contributed by atoms with E-state index in [0.29, 0.717) is 33.5 Å². The quantitative estimate of drug-likeness (QED) is 0.253. The van der Waals surface area contributed by atoms with Crippen LogP contribution in [0.1, 0.15) is 111 Å². The van der Waals surface area contributed by atoms with E-state index in [0.717, 1.165) is 43.4 Å². The predicted octanol–water partition coefficient (Wildman–Crippen LogP) is 10.3. The molecule has 2 aromatic carbocycles. The minimum absolute atomic E-state index is 0.121. The fourth-order valence-corrected chi connectivity index (χ4v) is 7.14. The lowest BCUT2D eigenvalue weighted by atomic mass is 9.97. The molecule has 0 unspecified atom stereocenters. The van der Waals surface area contributed by atoms with E-state index in [1.54, 1.807) is 41.5 Å². The third-order valence-electron chi connectivity index (χ3n) is 8.41. The lowest BCUT2D eigenvalue weighted by molar-refractivity contribution is -0.156. The molecular formula is C38H53F3N4O6S. The zero-order chi connectivity index (χ0) is 38.6. The number of amides is 3. The van der Waals surface area contributed by atoms with Crippen LogP contribution in [0.15, 0.2) is 46.2 Å². The summed E-state index contributed by atoms with van der Waals surface area (Å²) in [5, 5.41) is 4.17. The van der Waals surface area contributed by atoms with Gasteiger partial charge in [-0.25, -0.2) is 19.3 Å². The molecule has 0 spiro atoms. The van der Waals surface area contributed by atoms with Gasteiger partial charge in [0, 0.05) is 41.5 Å². The summed E-state index contributed by atoms with van der Waals surface area (Å²) >= 11 is 1.22. The molecule has 0 saturated heterocycles. The normalized spacial score (nSPS) is 15.2. The van der Waals surface area contributed by atoms with Crippen molar-refractivity contribution < 1.29 is 41.9 Å². The molecule has 1 fully saturated rings. The van der Waals surface area contributed by atoms with Gasteiger partial charge in [-0.2, -0.15) is 13.2 Å². The van der Waals surface area contributed by atoms with Gasteiger partial charge in [0.2, 0.25) is 0 Å². The summed E-state index contributed by atoms with van der Waals surface area (Å²) in [4.78, 5) is 49.4. The van der Waals surface area contributed by atoms with Gasteiger partial charge in [-0.15, -0.1) is 5.06 Å². The largest absolute Gasteiger partial charge is 0.444 e. The predicted molar refractivity (Wildman–Crippen MR) is 195 cm³/mol. The average molecular weight is 751 g/mol. The molecule has 0 atom stereocenters. The van der Waals surface area contributed by atoms with Crippen molar-refractivity contribution in [3.63, 3.8) is 0 Å². The molecule has 52 heavy (non-hydrogen) atoms. The maximum absolute atomic E-state index is 14.2. The molecular weight excluding hydrogens is 698 g/mol. The standard InChI is InChI=1S/C38H53F3N4O6S/c1-35(2,3)44(21-12-20-43(33(47)50-37(7,8)9)22-19-42-32(46)49-36(4,5)6)51-34(48)45-28-17-15-26(25-13-10-11-14-25)23-30(28)52-31-24-27(38(39,40)41)16-18-29(31)45/h15-18,23-25H,10-14,19-22H2,1-9H3,(H,42,46). The van der Waals surface area contributed by atoms with E-state index in [9.17, 15) is 27.6 Å². The van der Waals surface area contributed by atoms with Crippen molar-refractivity contribution in [2.75, 3.05) is 31.1 Å². The SMILES string of the molecule is CC(C)(C)OC(=O)NCCN(CCCN(OC(=O)N1c2ccc(C3CCCC3)cc2Sc2cc(C(F)(F)F)ccc21)C(C)(C)C)C(=O)OC(C)(C)C. The van der Waals surface area contributed by atoms with E-state index in [4.69, 9.17) is 14.3 Å². The molecule has 1 heterocycles. The number of nitrogens with zero attached hydrogens (tertiary/aromatic N) is 3. The summed E-state index contributed by atoms with van der Waals surface area (Å²) < 4.78 is 52.2. The summed E-state index contributed by atoms with van der Waals surface area (Å²) in [6.07, 6.45) is -1.76. The number of hydrogen-bond acceptors (Lipinski definition) is 8. The van der Waals surface area contributed by atoms with Crippen LogP contribution in [0.3, 0.4) is 0 Å². The van der Waals surface area contributed by atoms with Crippen molar-refractivity contribution in [2.24, 2.45) is 0 Å². The Morgan fingerprint density at radius 3 is 2.00 bits per heavy atom. The Bertz CT molecular complexity index is 1590. The first-order valence-electron chi connectivity index (χ1n) is 17.8. The Morgan fingerprint density at radius 2 is 1.42 bits per heavy atom. The van der Waals surface area contributed by atoms with Crippen molar-refractivity contribution in [1.29, 1.82) is 0 Å². The molecule has 0 aromatic heterocycles. The fraction of sp³-hybridized carbons (Fsp3) is 0.605. The highest BCUT2D eigenvalue weighted by Crippen LogP contribution is 2.51. The van der Waals surface area contributed by atoms with Crippen LogP contribution in [0.2, 0.25) is 0 Å². The molecule has 288 valence electrons. The Morgan fingerprint density at radius 1 is 0.827 bits per heavy atom. The molecule has 1 aliphatic heterocycles. The maximum Gasteiger partial charge on any atom is 0.438 e. The molecule has 1 N–H and O–H groups in total. The number of rotatable bonds is 9. The van der Waals surface area contributed by atoms with Crippen LogP contribution >= 0.6 is 11.8 Å². The van der Waals surface area contributed by atoms with Crippen LogP contribution in [0.25, 0.3) is 0 Å². The monoisotopic (exact) mass is 750 g/mol. The average Bonchev–Trinajstić information content (AvgIpc) is 3.54. The van der Waals surface area contributed by atoms with E-state index < -0.39 is 46.8 Å². The molecule has 3 amide bonds. The number of hydroxylamine groups is 2. The van der Waals surface area contributed by atoms with Gasteiger partial charge in [0.1, 0.15) is 11.2 Å². The molecule has 2 aliphatic rings. The smallest absolute Gasteiger partial charge is 0.438 e. The highest BCUT2D eigenvalue weighted by atomic mass is 32.2. The first-order chi connectivity index (χ1) is 24.0. The summed E-state index contributed by atoms with van der Waals surface area (Å²) in [5.74, 6) is 0.374. The molecule has 10 nitrogen and oxygen atoms in total. The van der Waals surface area contributed by atoms with Crippen LogP contribution in [0, 0.1) is 0 Å². The molecule has 1 saturated carbocycles. The van der Waals surface area contributed by atoms with E-state index in [-0.39, 0.29) is 26.2 Å². The van der Waals surface area contributed by atoms with E-state index in [1.165, 1.54) is 32.7 Å². The third kappa shape index (κ3) is 11.4. The number of alkyl halides is 3. The van der Waals surface area contributed by atoms with Crippen LogP contribution in [0.5, 0.6) is 0 Å². The van der Waals surface area contributed by atoms with E-state index in [1.807, 2.05) is 39.0 Å². The van der Waals surface area contributed by atoms with Gasteiger partial charge >= 0.3 is 24.5 Å². The van der Waals surface area contributed by atoms with Crippen molar-refractivity contribution >= 4 is 41.4 Å². The Balaban J connectivity index is 1.54. The number of alkyl carbamates (subject to hydrolysis) is 1. The topological polar surface area (TPSA) is 101 Å². The van der Waals surface area contributed by atoms with Gasteiger partial charge in [0.15, 0.2) is 0 Å². The van der Waals surface area contributed by atoms with Crippen LogP contribution in [-0.2, 0) is 20.5 Å². The number of anilines is 2. The Hall–Kier alpha value is -3.65. The van der Waals surface area contributed by atoms with Crippen molar-refractivity contribution in [3.05, 3.63) is 47.5 Å². The van der Waals surface area contributed by atoms with Crippen molar-refractivity contribution in [3.8, 4) is 0 Å². The molecule has 0 bridgehead atoms. The summed E-state index contributed by atoms with van der Waals surface area (Å²) in [6.45, 7) is 16.9. The van der Waals surface area contributed by atoms with E-state index in [2.05, 4.69) is 5.32 Å². The molecule has 1 aliphatic carbocycles. The molecule has 4 rings (SSSR count). The zero-order valence-corrected chi connectivity index (χ0v) is 32.6. The number of hydrogen-bond donors (Lipinski definition) is 1. The summed E-state index contributed by atoms with van der Waals surface area (Å²) in [6, 6.07) is 9.20.